The molecular formula is C20H21BrFNO. The Morgan fingerprint density at radius 2 is 1.67 bits per heavy atom. The lowest BCUT2D eigenvalue weighted by Gasteiger charge is -2.12. The van der Waals surface area contributed by atoms with Gasteiger partial charge >= 0.3 is 0 Å². The average molecular weight is 390 g/mol. The van der Waals surface area contributed by atoms with Gasteiger partial charge in [-0.05, 0) is 43.2 Å². The number of unbranched alkanes of at least 4 members (excludes halogenated alkanes) is 3. The predicted octanol–water partition coefficient (Wildman–Crippen LogP) is 6.10. The molecule has 0 amide bonds. The summed E-state index contributed by atoms with van der Waals surface area (Å²) in [5.41, 5.74) is 1.98. The Morgan fingerprint density at radius 1 is 0.917 bits per heavy atom. The van der Waals surface area contributed by atoms with Gasteiger partial charge in [0.2, 0.25) is 0 Å². The van der Waals surface area contributed by atoms with Gasteiger partial charge in [0.25, 0.3) is 0 Å². The van der Waals surface area contributed by atoms with E-state index in [0.717, 1.165) is 34.2 Å². The van der Waals surface area contributed by atoms with Crippen molar-refractivity contribution >= 4 is 26.8 Å². The molecule has 0 aliphatic rings. The normalized spacial score (nSPS) is 11.1. The fourth-order valence-electron chi connectivity index (χ4n) is 2.82. The fraction of sp³-hybridized carbons (Fsp3) is 0.300. The second-order valence-corrected chi connectivity index (χ2v) is 6.60. The average Bonchev–Trinajstić information content (AvgIpc) is 2.97. The number of hydrogen-bond acceptors (Lipinski definition) is 1. The molecule has 0 fully saturated rings. The summed E-state index contributed by atoms with van der Waals surface area (Å²) in [7, 11) is 0. The van der Waals surface area contributed by atoms with Crippen molar-refractivity contribution in [3.63, 3.8) is 0 Å². The third-order valence-electron chi connectivity index (χ3n) is 4.04. The van der Waals surface area contributed by atoms with Gasteiger partial charge in [-0.25, -0.2) is 4.39 Å². The van der Waals surface area contributed by atoms with E-state index in [0.29, 0.717) is 6.61 Å². The van der Waals surface area contributed by atoms with Gasteiger partial charge in [-0.2, -0.15) is 0 Å². The molecule has 2 nitrogen and oxygen atoms in total. The van der Waals surface area contributed by atoms with E-state index >= 15 is 0 Å². The Hall–Kier alpha value is -1.81. The third kappa shape index (κ3) is 3.99. The molecule has 0 radical (unpaired) electrons. The Bertz CT molecular complexity index is 782. The van der Waals surface area contributed by atoms with Crippen molar-refractivity contribution in [3.8, 4) is 11.6 Å². The van der Waals surface area contributed by atoms with Crippen molar-refractivity contribution in [1.29, 1.82) is 0 Å². The molecule has 0 atom stereocenters. The summed E-state index contributed by atoms with van der Waals surface area (Å²) in [5, 5.41) is 2.18. The minimum Gasteiger partial charge on any atom is -0.479 e. The first kappa shape index (κ1) is 17.0. The summed E-state index contributed by atoms with van der Waals surface area (Å²) in [6.07, 6.45) is 4.63. The van der Waals surface area contributed by atoms with Crippen LogP contribution in [0.25, 0.3) is 16.6 Å². The van der Waals surface area contributed by atoms with Gasteiger partial charge in [0.1, 0.15) is 5.82 Å². The summed E-state index contributed by atoms with van der Waals surface area (Å²) in [6, 6.07) is 16.7. The number of hydrogen-bond donors (Lipinski definition) is 0. The van der Waals surface area contributed by atoms with Gasteiger partial charge in [0.05, 0.1) is 12.1 Å². The standard InChI is InChI=1S/C20H21BrFNO/c21-13-5-1-2-6-14-24-20-15-16-7-3-4-8-19(16)23(20)18-11-9-17(22)10-12-18/h3-4,7-12,15H,1-2,5-6,13-14H2. The van der Waals surface area contributed by atoms with Crippen LogP contribution in [0.2, 0.25) is 0 Å². The molecule has 1 heterocycles. The molecule has 4 heteroatoms. The van der Waals surface area contributed by atoms with Crippen molar-refractivity contribution in [1.82, 2.24) is 4.57 Å². The Balaban J connectivity index is 1.81. The minimum absolute atomic E-state index is 0.232. The zero-order valence-electron chi connectivity index (χ0n) is 13.6. The number of para-hydroxylation sites is 1. The SMILES string of the molecule is Fc1ccc(-n2c(OCCCCCCBr)cc3ccccc32)cc1. The van der Waals surface area contributed by atoms with E-state index in [1.807, 2.05) is 16.7 Å². The summed E-state index contributed by atoms with van der Waals surface area (Å²) in [4.78, 5) is 0. The quantitative estimate of drug-likeness (QED) is 0.335. The van der Waals surface area contributed by atoms with Crippen LogP contribution in [0.15, 0.2) is 54.6 Å². The van der Waals surface area contributed by atoms with Crippen molar-refractivity contribution in [3.05, 3.63) is 60.4 Å². The molecule has 0 aliphatic carbocycles. The van der Waals surface area contributed by atoms with Crippen LogP contribution in [0.4, 0.5) is 4.39 Å². The van der Waals surface area contributed by atoms with Crippen LogP contribution in [0, 0.1) is 5.82 Å². The lowest BCUT2D eigenvalue weighted by Crippen LogP contribution is -2.03. The molecule has 0 saturated carbocycles. The molecule has 0 aliphatic heterocycles. The number of nitrogens with zero attached hydrogens (tertiary/aromatic N) is 1. The lowest BCUT2D eigenvalue weighted by atomic mass is 10.2. The minimum atomic E-state index is -0.232. The zero-order valence-corrected chi connectivity index (χ0v) is 15.1. The summed E-state index contributed by atoms with van der Waals surface area (Å²) in [5.74, 6) is 0.577. The highest BCUT2D eigenvalue weighted by Crippen LogP contribution is 2.29. The Morgan fingerprint density at radius 3 is 2.46 bits per heavy atom. The lowest BCUT2D eigenvalue weighted by molar-refractivity contribution is 0.290. The molecule has 0 saturated heterocycles. The molecule has 3 rings (SSSR count). The maximum atomic E-state index is 13.2. The smallest absolute Gasteiger partial charge is 0.199 e. The van der Waals surface area contributed by atoms with E-state index in [2.05, 4.69) is 34.1 Å². The highest BCUT2D eigenvalue weighted by atomic mass is 79.9. The van der Waals surface area contributed by atoms with Gasteiger partial charge in [-0.15, -0.1) is 0 Å². The topological polar surface area (TPSA) is 14.2 Å². The fourth-order valence-corrected chi connectivity index (χ4v) is 3.22. The first-order valence-corrected chi connectivity index (χ1v) is 9.47. The number of aromatic nitrogens is 1. The second-order valence-electron chi connectivity index (χ2n) is 5.80. The largest absolute Gasteiger partial charge is 0.479 e. The van der Waals surface area contributed by atoms with E-state index in [9.17, 15) is 4.39 Å². The Kier molecular flexibility index (Phi) is 5.91. The van der Waals surface area contributed by atoms with Crippen LogP contribution in [-0.2, 0) is 0 Å². The second kappa shape index (κ2) is 8.34. The highest BCUT2D eigenvalue weighted by molar-refractivity contribution is 9.09. The van der Waals surface area contributed by atoms with E-state index in [1.165, 1.54) is 31.4 Å². The van der Waals surface area contributed by atoms with Crippen molar-refractivity contribution in [2.75, 3.05) is 11.9 Å². The number of fused-ring (bicyclic) bond motifs is 1. The van der Waals surface area contributed by atoms with Crippen molar-refractivity contribution in [2.45, 2.75) is 25.7 Å². The van der Waals surface area contributed by atoms with Gasteiger partial charge in [0.15, 0.2) is 5.88 Å². The zero-order chi connectivity index (χ0) is 16.8. The number of ether oxygens (including phenoxy) is 1. The number of halogens is 2. The van der Waals surface area contributed by atoms with Crippen molar-refractivity contribution < 1.29 is 9.13 Å². The molecule has 3 aromatic rings. The molecule has 24 heavy (non-hydrogen) atoms. The van der Waals surface area contributed by atoms with Crippen LogP contribution in [0.5, 0.6) is 5.88 Å². The molecule has 126 valence electrons. The molecule has 0 spiro atoms. The molecular weight excluding hydrogens is 369 g/mol. The maximum Gasteiger partial charge on any atom is 0.199 e. The molecule has 0 unspecified atom stereocenters. The molecule has 0 bridgehead atoms. The van der Waals surface area contributed by atoms with Gasteiger partial charge in [-0.3, -0.25) is 4.57 Å². The van der Waals surface area contributed by atoms with E-state index in [1.54, 1.807) is 12.1 Å². The van der Waals surface area contributed by atoms with Gasteiger partial charge in [-0.1, -0.05) is 47.0 Å². The predicted molar refractivity (Wildman–Crippen MR) is 101 cm³/mol. The van der Waals surface area contributed by atoms with Crippen molar-refractivity contribution in [2.24, 2.45) is 0 Å². The van der Waals surface area contributed by atoms with Crippen LogP contribution in [0.3, 0.4) is 0 Å². The first-order valence-electron chi connectivity index (χ1n) is 8.35. The third-order valence-corrected chi connectivity index (χ3v) is 4.60. The summed E-state index contributed by atoms with van der Waals surface area (Å²) >= 11 is 3.45. The molecule has 2 aromatic carbocycles. The van der Waals surface area contributed by atoms with E-state index in [-0.39, 0.29) is 5.82 Å². The summed E-state index contributed by atoms with van der Waals surface area (Å²) in [6.45, 7) is 0.694. The van der Waals surface area contributed by atoms with Crippen LogP contribution >= 0.6 is 15.9 Å². The maximum absolute atomic E-state index is 13.2. The highest BCUT2D eigenvalue weighted by Gasteiger charge is 2.11. The van der Waals surface area contributed by atoms with E-state index in [4.69, 9.17) is 4.74 Å². The van der Waals surface area contributed by atoms with Gasteiger partial charge < -0.3 is 4.74 Å². The molecule has 1 aromatic heterocycles. The van der Waals surface area contributed by atoms with E-state index < -0.39 is 0 Å². The number of alkyl halides is 1. The van der Waals surface area contributed by atoms with Crippen LogP contribution in [0.1, 0.15) is 25.7 Å². The van der Waals surface area contributed by atoms with Gasteiger partial charge in [0, 0.05) is 22.5 Å². The van der Waals surface area contributed by atoms with Crippen LogP contribution < -0.4 is 4.74 Å². The summed E-state index contributed by atoms with van der Waals surface area (Å²) < 4.78 is 21.3. The number of benzene rings is 2. The number of rotatable bonds is 8. The monoisotopic (exact) mass is 389 g/mol. The van der Waals surface area contributed by atoms with Crippen LogP contribution in [-0.4, -0.2) is 16.5 Å². The molecule has 0 N–H and O–H groups in total. The first-order chi connectivity index (χ1) is 11.8. The Labute approximate surface area is 150 Å².